The number of ether oxygens (including phenoxy) is 1. The molecule has 0 unspecified atom stereocenters. The Morgan fingerprint density at radius 2 is 1.90 bits per heavy atom. The Morgan fingerprint density at radius 3 is 2.57 bits per heavy atom. The Kier molecular flexibility index (Phi) is 4.53. The largest absolute Gasteiger partial charge is 0.381 e. The summed E-state index contributed by atoms with van der Waals surface area (Å²) in [6.45, 7) is 0. The van der Waals surface area contributed by atoms with Crippen molar-refractivity contribution in [2.45, 2.75) is 37.8 Å². The third kappa shape index (κ3) is 3.10. The van der Waals surface area contributed by atoms with Crippen molar-refractivity contribution in [1.29, 1.82) is 0 Å². The van der Waals surface area contributed by atoms with E-state index in [0.29, 0.717) is 22.2 Å². The van der Waals surface area contributed by atoms with Gasteiger partial charge in [-0.3, -0.25) is 0 Å². The maximum absolute atomic E-state index is 6.12. The molecule has 3 nitrogen and oxygen atoms in total. The third-order valence-corrected chi connectivity index (χ3v) is 4.96. The second-order valence-electron chi connectivity index (χ2n) is 5.45. The number of halogens is 2. The van der Waals surface area contributed by atoms with Crippen LogP contribution in [0.2, 0.25) is 10.0 Å². The van der Waals surface area contributed by atoms with Crippen LogP contribution in [0.25, 0.3) is 11.4 Å². The zero-order valence-corrected chi connectivity index (χ0v) is 13.4. The van der Waals surface area contributed by atoms with Crippen LogP contribution in [0.15, 0.2) is 30.6 Å². The van der Waals surface area contributed by atoms with E-state index in [0.717, 1.165) is 37.1 Å². The molecular formula is C16H18Cl2N2O. The molecule has 1 aromatic carbocycles. The van der Waals surface area contributed by atoms with Gasteiger partial charge in [-0.05, 0) is 43.9 Å². The Balaban J connectivity index is 1.85. The van der Waals surface area contributed by atoms with Gasteiger partial charge < -0.3 is 9.30 Å². The minimum absolute atomic E-state index is 0.401. The molecular weight excluding hydrogens is 307 g/mol. The molecule has 0 bridgehead atoms. The molecule has 0 N–H and O–H groups in total. The van der Waals surface area contributed by atoms with Crippen LogP contribution < -0.4 is 0 Å². The van der Waals surface area contributed by atoms with Crippen molar-refractivity contribution in [2.24, 2.45) is 0 Å². The minimum Gasteiger partial charge on any atom is -0.381 e. The number of imidazole rings is 1. The molecule has 112 valence electrons. The van der Waals surface area contributed by atoms with Crippen molar-refractivity contribution < 1.29 is 4.74 Å². The molecule has 2 aromatic rings. The van der Waals surface area contributed by atoms with Gasteiger partial charge in [0.05, 0.1) is 16.1 Å². The average Bonchev–Trinajstić information content (AvgIpc) is 2.99. The molecule has 1 aliphatic carbocycles. The summed E-state index contributed by atoms with van der Waals surface area (Å²) in [6, 6.07) is 6.14. The first-order valence-electron chi connectivity index (χ1n) is 7.20. The highest BCUT2D eigenvalue weighted by Crippen LogP contribution is 2.34. The topological polar surface area (TPSA) is 27.1 Å². The molecule has 1 saturated carbocycles. The maximum atomic E-state index is 6.12. The molecule has 0 amide bonds. The van der Waals surface area contributed by atoms with Crippen LogP contribution >= 0.6 is 23.2 Å². The smallest absolute Gasteiger partial charge is 0.140 e. The summed E-state index contributed by atoms with van der Waals surface area (Å²) in [4.78, 5) is 4.50. The molecule has 0 aliphatic heterocycles. The van der Waals surface area contributed by atoms with E-state index >= 15 is 0 Å². The van der Waals surface area contributed by atoms with E-state index in [-0.39, 0.29) is 0 Å². The molecule has 1 fully saturated rings. The fourth-order valence-electron chi connectivity index (χ4n) is 3.03. The molecule has 0 spiro atoms. The number of nitrogens with zero attached hydrogens (tertiary/aromatic N) is 2. The van der Waals surface area contributed by atoms with Gasteiger partial charge >= 0.3 is 0 Å². The summed E-state index contributed by atoms with van der Waals surface area (Å²) < 4.78 is 7.70. The lowest BCUT2D eigenvalue weighted by Gasteiger charge is -2.29. The van der Waals surface area contributed by atoms with E-state index in [1.54, 1.807) is 7.11 Å². The van der Waals surface area contributed by atoms with E-state index in [2.05, 4.69) is 15.7 Å². The molecule has 0 atom stereocenters. The van der Waals surface area contributed by atoms with Crippen molar-refractivity contribution in [3.8, 4) is 11.4 Å². The summed E-state index contributed by atoms with van der Waals surface area (Å²) in [7, 11) is 1.79. The molecule has 0 radical (unpaired) electrons. The Morgan fingerprint density at radius 1 is 1.14 bits per heavy atom. The second-order valence-corrected chi connectivity index (χ2v) is 6.27. The second kappa shape index (κ2) is 6.39. The average molecular weight is 325 g/mol. The van der Waals surface area contributed by atoms with Crippen LogP contribution in [-0.2, 0) is 4.74 Å². The quantitative estimate of drug-likeness (QED) is 0.795. The lowest BCUT2D eigenvalue weighted by atomic mass is 9.92. The van der Waals surface area contributed by atoms with E-state index in [9.17, 15) is 0 Å². The van der Waals surface area contributed by atoms with Crippen molar-refractivity contribution in [1.82, 2.24) is 9.55 Å². The van der Waals surface area contributed by atoms with Crippen LogP contribution in [0.3, 0.4) is 0 Å². The normalized spacial score (nSPS) is 22.4. The van der Waals surface area contributed by atoms with Gasteiger partial charge in [0.25, 0.3) is 0 Å². The first kappa shape index (κ1) is 14.9. The van der Waals surface area contributed by atoms with Crippen LogP contribution in [0.4, 0.5) is 0 Å². The molecule has 21 heavy (non-hydrogen) atoms. The first-order valence-corrected chi connectivity index (χ1v) is 7.95. The summed E-state index contributed by atoms with van der Waals surface area (Å²) >= 11 is 12.1. The highest BCUT2D eigenvalue weighted by molar-refractivity contribution is 6.42. The van der Waals surface area contributed by atoms with Crippen molar-refractivity contribution in [2.75, 3.05) is 7.11 Å². The van der Waals surface area contributed by atoms with E-state index in [4.69, 9.17) is 27.9 Å². The number of hydrogen-bond donors (Lipinski definition) is 0. The molecule has 5 heteroatoms. The molecule has 1 aromatic heterocycles. The molecule has 1 heterocycles. The lowest BCUT2D eigenvalue weighted by Crippen LogP contribution is -2.22. The van der Waals surface area contributed by atoms with Gasteiger partial charge in [0.15, 0.2) is 0 Å². The monoisotopic (exact) mass is 324 g/mol. The standard InChI is InChI=1S/C16H18Cl2N2O/c1-21-13-5-3-12(4-6-13)20-9-8-19-16(20)11-2-7-14(17)15(18)10-11/h2,7-10,12-13H,3-6H2,1H3. The third-order valence-electron chi connectivity index (χ3n) is 4.22. The molecule has 1 aliphatic rings. The van der Waals surface area contributed by atoms with Crippen molar-refractivity contribution >= 4 is 23.2 Å². The summed E-state index contributed by atoms with van der Waals surface area (Å²) in [6.07, 6.45) is 8.72. The fraction of sp³-hybridized carbons (Fsp3) is 0.438. The fourth-order valence-corrected chi connectivity index (χ4v) is 3.32. The van der Waals surface area contributed by atoms with Crippen LogP contribution in [0, 0.1) is 0 Å². The zero-order valence-electron chi connectivity index (χ0n) is 11.9. The summed E-state index contributed by atoms with van der Waals surface area (Å²) in [5, 5.41) is 1.13. The van der Waals surface area contributed by atoms with Crippen LogP contribution in [0.1, 0.15) is 31.7 Å². The van der Waals surface area contributed by atoms with E-state index in [1.807, 2.05) is 24.4 Å². The summed E-state index contributed by atoms with van der Waals surface area (Å²) in [5.74, 6) is 0.953. The van der Waals surface area contributed by atoms with E-state index < -0.39 is 0 Å². The Labute approximate surface area is 134 Å². The Hall–Kier alpha value is -1.03. The number of aromatic nitrogens is 2. The van der Waals surface area contributed by atoms with Gasteiger partial charge in [-0.25, -0.2) is 4.98 Å². The maximum Gasteiger partial charge on any atom is 0.140 e. The lowest BCUT2D eigenvalue weighted by molar-refractivity contribution is 0.0586. The predicted octanol–water partition coefficient (Wildman–Crippen LogP) is 4.99. The van der Waals surface area contributed by atoms with Crippen molar-refractivity contribution in [3.63, 3.8) is 0 Å². The zero-order chi connectivity index (χ0) is 14.8. The van der Waals surface area contributed by atoms with Gasteiger partial charge in [0, 0.05) is 31.1 Å². The van der Waals surface area contributed by atoms with Gasteiger partial charge in [-0.2, -0.15) is 0 Å². The van der Waals surface area contributed by atoms with Crippen LogP contribution in [0.5, 0.6) is 0 Å². The summed E-state index contributed by atoms with van der Waals surface area (Å²) in [5.41, 5.74) is 1.00. The highest BCUT2D eigenvalue weighted by atomic mass is 35.5. The van der Waals surface area contributed by atoms with Gasteiger partial charge in [-0.15, -0.1) is 0 Å². The van der Waals surface area contributed by atoms with Gasteiger partial charge in [-0.1, -0.05) is 23.2 Å². The predicted molar refractivity (Wildman–Crippen MR) is 86.0 cm³/mol. The number of rotatable bonds is 3. The highest BCUT2D eigenvalue weighted by Gasteiger charge is 2.23. The number of methoxy groups -OCH3 is 1. The minimum atomic E-state index is 0.401. The van der Waals surface area contributed by atoms with E-state index in [1.165, 1.54) is 0 Å². The van der Waals surface area contributed by atoms with Gasteiger partial charge in [0.1, 0.15) is 5.82 Å². The first-order chi connectivity index (χ1) is 10.2. The van der Waals surface area contributed by atoms with Crippen LogP contribution in [-0.4, -0.2) is 22.8 Å². The number of benzene rings is 1. The molecule has 0 saturated heterocycles. The SMILES string of the molecule is COC1CCC(n2ccnc2-c2ccc(Cl)c(Cl)c2)CC1. The molecule has 3 rings (SSSR count). The Bertz CT molecular complexity index is 618. The van der Waals surface area contributed by atoms with Gasteiger partial charge in [0.2, 0.25) is 0 Å². The number of hydrogen-bond acceptors (Lipinski definition) is 2. The van der Waals surface area contributed by atoms with Crippen molar-refractivity contribution in [3.05, 3.63) is 40.6 Å².